The standard InChI is InChI=1S/C49H33N3/c1-49(2)41-15-7-5-13-37(41)38-24-22-34(28-42(38)49)48-47(50-43-16-8-9-17-44(43)51-48)33-20-19-30-21-23-36(26-35(30)25-33)52-45-18-10-6-14-39(45)40-27-31-11-3-4-12-32(31)29-46(40)52/h3-29H,1-2H3. The van der Waals surface area contributed by atoms with Crippen LogP contribution in [0.2, 0.25) is 0 Å². The van der Waals surface area contributed by atoms with Crippen molar-refractivity contribution in [3.63, 3.8) is 0 Å². The van der Waals surface area contributed by atoms with Gasteiger partial charge in [-0.05, 0) is 98.4 Å². The summed E-state index contributed by atoms with van der Waals surface area (Å²) in [6, 6.07) is 59.4. The zero-order valence-corrected chi connectivity index (χ0v) is 28.9. The number of benzene rings is 8. The fourth-order valence-electron chi connectivity index (χ4n) is 8.71. The second-order valence-electron chi connectivity index (χ2n) is 14.7. The van der Waals surface area contributed by atoms with Gasteiger partial charge in [-0.2, -0.15) is 0 Å². The quantitative estimate of drug-likeness (QED) is 0.188. The summed E-state index contributed by atoms with van der Waals surface area (Å²) in [5.74, 6) is 0. The van der Waals surface area contributed by atoms with Crippen molar-refractivity contribution in [1.82, 2.24) is 14.5 Å². The van der Waals surface area contributed by atoms with E-state index < -0.39 is 0 Å². The topological polar surface area (TPSA) is 30.7 Å². The molecular weight excluding hydrogens is 631 g/mol. The van der Waals surface area contributed by atoms with Gasteiger partial charge in [0.15, 0.2) is 0 Å². The van der Waals surface area contributed by atoms with Crippen molar-refractivity contribution < 1.29 is 0 Å². The van der Waals surface area contributed by atoms with Crippen molar-refractivity contribution in [2.24, 2.45) is 0 Å². The van der Waals surface area contributed by atoms with Gasteiger partial charge >= 0.3 is 0 Å². The van der Waals surface area contributed by atoms with E-state index in [2.05, 4.69) is 170 Å². The molecule has 2 aromatic heterocycles. The summed E-state index contributed by atoms with van der Waals surface area (Å²) in [4.78, 5) is 10.6. The number of hydrogen-bond donors (Lipinski definition) is 0. The first-order valence-electron chi connectivity index (χ1n) is 18.0. The Bertz CT molecular complexity index is 3110. The van der Waals surface area contributed by atoms with E-state index in [-0.39, 0.29) is 5.41 Å². The van der Waals surface area contributed by atoms with Gasteiger partial charge in [-0.15, -0.1) is 0 Å². The third-order valence-electron chi connectivity index (χ3n) is 11.3. The number of aromatic nitrogens is 3. The minimum atomic E-state index is -0.106. The number of rotatable bonds is 3. The summed E-state index contributed by atoms with van der Waals surface area (Å²) in [5.41, 5.74) is 14.5. The van der Waals surface area contributed by atoms with Crippen LogP contribution in [-0.4, -0.2) is 14.5 Å². The Morgan fingerprint density at radius 3 is 1.88 bits per heavy atom. The van der Waals surface area contributed by atoms with Crippen molar-refractivity contribution >= 4 is 54.4 Å². The van der Waals surface area contributed by atoms with Crippen LogP contribution in [0.3, 0.4) is 0 Å². The predicted molar refractivity (Wildman–Crippen MR) is 217 cm³/mol. The lowest BCUT2D eigenvalue weighted by molar-refractivity contribution is 0.660. The highest BCUT2D eigenvalue weighted by Gasteiger charge is 2.35. The highest BCUT2D eigenvalue weighted by molar-refractivity contribution is 6.13. The van der Waals surface area contributed by atoms with Crippen LogP contribution in [0.1, 0.15) is 25.0 Å². The van der Waals surface area contributed by atoms with Crippen LogP contribution < -0.4 is 0 Å². The minimum Gasteiger partial charge on any atom is -0.309 e. The molecule has 0 amide bonds. The van der Waals surface area contributed by atoms with Crippen LogP contribution in [0.5, 0.6) is 0 Å². The predicted octanol–water partition coefficient (Wildman–Crippen LogP) is 12.7. The monoisotopic (exact) mass is 663 g/mol. The highest BCUT2D eigenvalue weighted by atomic mass is 15.0. The van der Waals surface area contributed by atoms with E-state index in [0.717, 1.165) is 44.6 Å². The van der Waals surface area contributed by atoms with Crippen molar-refractivity contribution in [3.8, 4) is 39.3 Å². The average Bonchev–Trinajstić information content (AvgIpc) is 3.63. The molecule has 0 unspecified atom stereocenters. The fraction of sp³-hybridized carbons (Fsp3) is 0.0612. The Kier molecular flexibility index (Phi) is 6.01. The molecule has 3 nitrogen and oxygen atoms in total. The van der Waals surface area contributed by atoms with Gasteiger partial charge in [0.2, 0.25) is 0 Å². The van der Waals surface area contributed by atoms with Gasteiger partial charge in [-0.25, -0.2) is 9.97 Å². The van der Waals surface area contributed by atoms with Crippen LogP contribution in [0.15, 0.2) is 164 Å². The molecule has 2 heterocycles. The normalized spacial score (nSPS) is 13.3. The molecule has 0 saturated heterocycles. The molecule has 0 saturated carbocycles. The van der Waals surface area contributed by atoms with Crippen LogP contribution in [-0.2, 0) is 5.41 Å². The molecule has 0 radical (unpaired) electrons. The molecular formula is C49H33N3. The number of para-hydroxylation sites is 3. The first kappa shape index (κ1) is 29.2. The molecule has 1 aliphatic rings. The van der Waals surface area contributed by atoms with Gasteiger partial charge in [-0.3, -0.25) is 0 Å². The van der Waals surface area contributed by atoms with Crippen LogP contribution in [0, 0.1) is 0 Å². The number of hydrogen-bond acceptors (Lipinski definition) is 2. The van der Waals surface area contributed by atoms with Crippen LogP contribution >= 0.6 is 0 Å². The van der Waals surface area contributed by atoms with Crippen LogP contribution in [0.4, 0.5) is 0 Å². The first-order valence-corrected chi connectivity index (χ1v) is 18.0. The Hall–Kier alpha value is -6.58. The number of fused-ring (bicyclic) bond motifs is 9. The average molecular weight is 664 g/mol. The molecule has 1 aliphatic carbocycles. The smallest absolute Gasteiger partial charge is 0.0973 e. The van der Waals surface area contributed by atoms with E-state index in [1.54, 1.807) is 0 Å². The van der Waals surface area contributed by atoms with Gasteiger partial charge < -0.3 is 4.57 Å². The van der Waals surface area contributed by atoms with E-state index in [9.17, 15) is 0 Å². The van der Waals surface area contributed by atoms with Crippen molar-refractivity contribution in [3.05, 3.63) is 175 Å². The maximum absolute atomic E-state index is 5.31. The van der Waals surface area contributed by atoms with E-state index in [1.165, 1.54) is 60.2 Å². The van der Waals surface area contributed by atoms with E-state index in [0.29, 0.717) is 0 Å². The third-order valence-corrected chi connectivity index (χ3v) is 11.3. The molecule has 11 rings (SSSR count). The minimum absolute atomic E-state index is 0.106. The molecule has 0 fully saturated rings. The van der Waals surface area contributed by atoms with Crippen molar-refractivity contribution in [1.29, 1.82) is 0 Å². The fourth-order valence-corrected chi connectivity index (χ4v) is 8.71. The van der Waals surface area contributed by atoms with Crippen LogP contribution in [0.25, 0.3) is 93.7 Å². The van der Waals surface area contributed by atoms with Crippen molar-refractivity contribution in [2.45, 2.75) is 19.3 Å². The Labute approximate surface area is 301 Å². The summed E-state index contributed by atoms with van der Waals surface area (Å²) in [7, 11) is 0. The Balaban J connectivity index is 1.11. The summed E-state index contributed by atoms with van der Waals surface area (Å²) in [6.45, 7) is 4.66. The molecule has 10 aromatic rings. The van der Waals surface area contributed by atoms with E-state index >= 15 is 0 Å². The highest BCUT2D eigenvalue weighted by Crippen LogP contribution is 2.50. The summed E-state index contributed by atoms with van der Waals surface area (Å²) >= 11 is 0. The molecule has 0 spiro atoms. The lowest BCUT2D eigenvalue weighted by atomic mass is 9.81. The molecule has 52 heavy (non-hydrogen) atoms. The second-order valence-corrected chi connectivity index (χ2v) is 14.7. The lowest BCUT2D eigenvalue weighted by Crippen LogP contribution is -2.15. The third kappa shape index (κ3) is 4.20. The largest absolute Gasteiger partial charge is 0.309 e. The second kappa shape index (κ2) is 10.7. The number of nitrogens with zero attached hydrogens (tertiary/aromatic N) is 3. The van der Waals surface area contributed by atoms with Gasteiger partial charge in [0.25, 0.3) is 0 Å². The molecule has 0 N–H and O–H groups in total. The summed E-state index contributed by atoms with van der Waals surface area (Å²) < 4.78 is 2.41. The lowest BCUT2D eigenvalue weighted by Gasteiger charge is -2.22. The van der Waals surface area contributed by atoms with E-state index in [1.807, 2.05) is 12.1 Å². The summed E-state index contributed by atoms with van der Waals surface area (Å²) in [6.07, 6.45) is 0. The molecule has 8 aromatic carbocycles. The molecule has 0 aliphatic heterocycles. The van der Waals surface area contributed by atoms with Gasteiger partial charge in [-0.1, -0.05) is 123 Å². The summed E-state index contributed by atoms with van der Waals surface area (Å²) in [5, 5.41) is 7.36. The molecule has 0 atom stereocenters. The molecule has 244 valence electrons. The zero-order chi connectivity index (χ0) is 34.6. The van der Waals surface area contributed by atoms with E-state index in [4.69, 9.17) is 9.97 Å². The maximum atomic E-state index is 5.31. The van der Waals surface area contributed by atoms with Gasteiger partial charge in [0.1, 0.15) is 0 Å². The maximum Gasteiger partial charge on any atom is 0.0973 e. The van der Waals surface area contributed by atoms with Crippen molar-refractivity contribution in [2.75, 3.05) is 0 Å². The molecule has 0 bridgehead atoms. The van der Waals surface area contributed by atoms with Gasteiger partial charge in [0.05, 0.1) is 33.5 Å². The first-order chi connectivity index (χ1) is 25.5. The SMILES string of the molecule is CC1(C)c2ccccc2-c2ccc(-c3nc4ccccc4nc3-c3ccc4ccc(-n5c6ccccc6c6cc7ccccc7cc65)cc4c3)cc21. The molecule has 3 heteroatoms. The zero-order valence-electron chi connectivity index (χ0n) is 28.9. The Morgan fingerprint density at radius 2 is 1.06 bits per heavy atom. The van der Waals surface area contributed by atoms with Gasteiger partial charge in [0, 0.05) is 33.0 Å². The Morgan fingerprint density at radius 1 is 0.423 bits per heavy atom.